The summed E-state index contributed by atoms with van der Waals surface area (Å²) < 4.78 is 0. The Labute approximate surface area is 109 Å². The van der Waals surface area contributed by atoms with Crippen LogP contribution in [0.4, 0.5) is 11.6 Å². The molecule has 5 nitrogen and oxygen atoms in total. The Morgan fingerprint density at radius 1 is 1.28 bits per heavy atom. The molecular formula is C13H23N5. The zero-order valence-corrected chi connectivity index (χ0v) is 11.5. The largest absolute Gasteiger partial charge is 0.383 e. The lowest BCUT2D eigenvalue weighted by Gasteiger charge is -2.22. The molecule has 1 aromatic rings. The first kappa shape index (κ1) is 13.1. The molecule has 2 heterocycles. The van der Waals surface area contributed by atoms with Crippen LogP contribution in [0.15, 0.2) is 0 Å². The van der Waals surface area contributed by atoms with Crippen LogP contribution in [-0.4, -0.2) is 40.5 Å². The van der Waals surface area contributed by atoms with Crippen LogP contribution in [0.25, 0.3) is 0 Å². The van der Waals surface area contributed by atoms with Gasteiger partial charge in [0.25, 0.3) is 0 Å². The minimum Gasteiger partial charge on any atom is -0.383 e. The molecule has 0 aliphatic carbocycles. The first-order valence-corrected chi connectivity index (χ1v) is 6.66. The minimum absolute atomic E-state index is 0.371. The Hall–Kier alpha value is -1.36. The van der Waals surface area contributed by atoms with Crippen molar-refractivity contribution < 1.29 is 0 Å². The molecule has 1 fully saturated rings. The fourth-order valence-corrected chi connectivity index (χ4v) is 2.42. The van der Waals surface area contributed by atoms with Gasteiger partial charge in [0.15, 0.2) is 0 Å². The number of likely N-dealkylation sites (tertiary alicyclic amines) is 1. The molecule has 0 amide bonds. The van der Waals surface area contributed by atoms with Crippen molar-refractivity contribution in [2.24, 2.45) is 0 Å². The van der Waals surface area contributed by atoms with Crippen LogP contribution < -0.4 is 11.1 Å². The second-order valence-corrected chi connectivity index (χ2v) is 5.18. The van der Waals surface area contributed by atoms with Gasteiger partial charge in [-0.1, -0.05) is 0 Å². The summed E-state index contributed by atoms with van der Waals surface area (Å²) in [6, 6.07) is 0.371. The van der Waals surface area contributed by atoms with Gasteiger partial charge in [-0.05, 0) is 46.7 Å². The molecule has 1 saturated heterocycles. The molecule has 2 rings (SSSR count). The first-order valence-electron chi connectivity index (χ1n) is 6.66. The summed E-state index contributed by atoms with van der Waals surface area (Å²) >= 11 is 0. The minimum atomic E-state index is 0.371. The molecule has 0 aromatic carbocycles. The standard InChI is InChI=1S/C13H23N5/c1-9(8-18-6-4-5-7-18)15-13-10(2)12(14)16-11(3)17-13/h9H,4-8H2,1-3H3,(H3,14,15,16,17). The van der Waals surface area contributed by atoms with Crippen LogP contribution in [0, 0.1) is 13.8 Å². The van der Waals surface area contributed by atoms with Gasteiger partial charge in [0.2, 0.25) is 0 Å². The zero-order valence-electron chi connectivity index (χ0n) is 11.5. The first-order chi connectivity index (χ1) is 8.56. The molecule has 18 heavy (non-hydrogen) atoms. The van der Waals surface area contributed by atoms with Crippen molar-refractivity contribution in [3.05, 3.63) is 11.4 Å². The van der Waals surface area contributed by atoms with Gasteiger partial charge in [-0.15, -0.1) is 0 Å². The average molecular weight is 249 g/mol. The fourth-order valence-electron chi connectivity index (χ4n) is 2.42. The number of aromatic nitrogens is 2. The smallest absolute Gasteiger partial charge is 0.135 e. The number of nitrogen functional groups attached to an aromatic ring is 1. The lowest BCUT2D eigenvalue weighted by Crippen LogP contribution is -2.33. The van der Waals surface area contributed by atoms with Crippen molar-refractivity contribution in [1.29, 1.82) is 0 Å². The van der Waals surface area contributed by atoms with Crippen molar-refractivity contribution in [3.63, 3.8) is 0 Å². The third kappa shape index (κ3) is 3.10. The molecule has 1 unspecified atom stereocenters. The SMILES string of the molecule is Cc1nc(N)c(C)c(NC(C)CN2CCCC2)n1. The van der Waals surface area contributed by atoms with Crippen molar-refractivity contribution in [2.45, 2.75) is 39.7 Å². The van der Waals surface area contributed by atoms with Crippen molar-refractivity contribution in [3.8, 4) is 0 Å². The monoisotopic (exact) mass is 249 g/mol. The molecule has 0 spiro atoms. The lowest BCUT2D eigenvalue weighted by atomic mass is 10.2. The highest BCUT2D eigenvalue weighted by molar-refractivity contribution is 5.55. The Bertz CT molecular complexity index is 412. The number of nitrogens with zero attached hydrogens (tertiary/aromatic N) is 3. The van der Waals surface area contributed by atoms with Crippen LogP contribution in [0.1, 0.15) is 31.2 Å². The molecule has 0 saturated carbocycles. The summed E-state index contributed by atoms with van der Waals surface area (Å²) in [6.07, 6.45) is 2.65. The van der Waals surface area contributed by atoms with Crippen molar-refractivity contribution in [1.82, 2.24) is 14.9 Å². The Kier molecular flexibility index (Phi) is 4.01. The zero-order chi connectivity index (χ0) is 13.1. The summed E-state index contributed by atoms with van der Waals surface area (Å²) in [5, 5.41) is 3.45. The highest BCUT2D eigenvalue weighted by Crippen LogP contribution is 2.18. The molecule has 0 bridgehead atoms. The molecule has 1 aliphatic heterocycles. The second kappa shape index (κ2) is 5.52. The van der Waals surface area contributed by atoms with Gasteiger partial charge >= 0.3 is 0 Å². The van der Waals surface area contributed by atoms with Gasteiger partial charge < -0.3 is 16.0 Å². The van der Waals surface area contributed by atoms with Gasteiger partial charge in [0, 0.05) is 18.2 Å². The maximum Gasteiger partial charge on any atom is 0.135 e. The quantitative estimate of drug-likeness (QED) is 0.848. The normalized spacial score (nSPS) is 17.9. The summed E-state index contributed by atoms with van der Waals surface area (Å²) in [5.41, 5.74) is 6.80. The van der Waals surface area contributed by atoms with Gasteiger partial charge in [-0.25, -0.2) is 9.97 Å². The molecule has 5 heteroatoms. The number of hydrogen-bond donors (Lipinski definition) is 2. The third-order valence-electron chi connectivity index (χ3n) is 3.41. The number of nitrogens with one attached hydrogen (secondary N) is 1. The van der Waals surface area contributed by atoms with E-state index in [-0.39, 0.29) is 0 Å². The fraction of sp³-hybridized carbons (Fsp3) is 0.692. The predicted molar refractivity (Wildman–Crippen MR) is 74.7 cm³/mol. The molecular weight excluding hydrogens is 226 g/mol. The van der Waals surface area contributed by atoms with E-state index in [1.807, 2.05) is 13.8 Å². The maximum atomic E-state index is 5.86. The Balaban J connectivity index is 1.99. The van der Waals surface area contributed by atoms with E-state index in [1.165, 1.54) is 25.9 Å². The van der Waals surface area contributed by atoms with Gasteiger partial charge in [0.05, 0.1) is 0 Å². The van der Waals surface area contributed by atoms with Crippen LogP contribution in [0.2, 0.25) is 0 Å². The Morgan fingerprint density at radius 3 is 2.61 bits per heavy atom. The number of nitrogens with two attached hydrogens (primary N) is 1. The van der Waals surface area contributed by atoms with E-state index >= 15 is 0 Å². The van der Waals surface area contributed by atoms with Gasteiger partial charge in [0.1, 0.15) is 17.5 Å². The van der Waals surface area contributed by atoms with Crippen LogP contribution in [0.5, 0.6) is 0 Å². The van der Waals surface area contributed by atoms with Gasteiger partial charge in [-0.2, -0.15) is 0 Å². The number of anilines is 2. The van der Waals surface area contributed by atoms with Crippen LogP contribution >= 0.6 is 0 Å². The molecule has 1 atom stereocenters. The Morgan fingerprint density at radius 2 is 1.94 bits per heavy atom. The van der Waals surface area contributed by atoms with E-state index in [4.69, 9.17) is 5.73 Å². The maximum absolute atomic E-state index is 5.86. The third-order valence-corrected chi connectivity index (χ3v) is 3.41. The van der Waals surface area contributed by atoms with E-state index in [2.05, 4.69) is 27.1 Å². The topological polar surface area (TPSA) is 67.1 Å². The highest BCUT2D eigenvalue weighted by Gasteiger charge is 2.16. The predicted octanol–water partition coefficient (Wildman–Crippen LogP) is 1.57. The lowest BCUT2D eigenvalue weighted by molar-refractivity contribution is 0.327. The summed E-state index contributed by atoms with van der Waals surface area (Å²) in [6.45, 7) is 9.51. The summed E-state index contributed by atoms with van der Waals surface area (Å²) in [4.78, 5) is 11.1. The van der Waals surface area contributed by atoms with Crippen LogP contribution in [0.3, 0.4) is 0 Å². The van der Waals surface area contributed by atoms with E-state index in [0.717, 1.165) is 17.9 Å². The number of hydrogen-bond acceptors (Lipinski definition) is 5. The number of aryl methyl sites for hydroxylation is 1. The second-order valence-electron chi connectivity index (χ2n) is 5.18. The molecule has 0 radical (unpaired) electrons. The average Bonchev–Trinajstić information content (AvgIpc) is 2.77. The van der Waals surface area contributed by atoms with Crippen molar-refractivity contribution in [2.75, 3.05) is 30.7 Å². The van der Waals surface area contributed by atoms with E-state index < -0.39 is 0 Å². The van der Waals surface area contributed by atoms with E-state index in [0.29, 0.717) is 17.7 Å². The van der Waals surface area contributed by atoms with E-state index in [1.54, 1.807) is 0 Å². The molecule has 1 aliphatic rings. The van der Waals surface area contributed by atoms with Gasteiger partial charge in [-0.3, -0.25) is 0 Å². The highest BCUT2D eigenvalue weighted by atomic mass is 15.2. The molecule has 100 valence electrons. The molecule has 3 N–H and O–H groups in total. The summed E-state index contributed by atoms with van der Waals surface area (Å²) in [5.74, 6) is 2.15. The molecule has 1 aromatic heterocycles. The number of rotatable bonds is 4. The summed E-state index contributed by atoms with van der Waals surface area (Å²) in [7, 11) is 0. The van der Waals surface area contributed by atoms with Crippen molar-refractivity contribution >= 4 is 11.6 Å². The van der Waals surface area contributed by atoms with E-state index in [9.17, 15) is 0 Å². The van der Waals surface area contributed by atoms with Crippen LogP contribution in [-0.2, 0) is 0 Å².